The summed E-state index contributed by atoms with van der Waals surface area (Å²) in [6.45, 7) is 3.92. The number of aryl methyl sites for hydroxylation is 1. The molecule has 0 atom stereocenters. The Kier molecular flexibility index (Phi) is 3.90. The van der Waals surface area contributed by atoms with Crippen LogP contribution in [0, 0.1) is 0 Å². The van der Waals surface area contributed by atoms with Gasteiger partial charge in [-0.15, -0.1) is 0 Å². The van der Waals surface area contributed by atoms with Crippen molar-refractivity contribution in [2.45, 2.75) is 19.4 Å². The molecule has 0 saturated carbocycles. The van der Waals surface area contributed by atoms with Gasteiger partial charge in [0, 0.05) is 18.8 Å². The molecule has 0 amide bonds. The van der Waals surface area contributed by atoms with E-state index in [1.54, 1.807) is 18.2 Å². The van der Waals surface area contributed by atoms with Crippen LogP contribution >= 0.6 is 23.2 Å². The van der Waals surface area contributed by atoms with Gasteiger partial charge < -0.3 is 15.0 Å². The molecule has 0 aliphatic heterocycles. The number of fused-ring (bicyclic) bond motifs is 1. The maximum atomic E-state index is 6.11. The summed E-state index contributed by atoms with van der Waals surface area (Å²) >= 11 is 12.0. The smallest absolute Gasteiger partial charge is 0.161 e. The third-order valence-corrected chi connectivity index (χ3v) is 4.45. The van der Waals surface area contributed by atoms with Crippen LogP contribution in [0.5, 0.6) is 5.75 Å². The minimum atomic E-state index is -0.653. The lowest BCUT2D eigenvalue weighted by molar-refractivity contribution is 0.0959. The average Bonchev–Trinajstić information content (AvgIpc) is 2.80. The van der Waals surface area contributed by atoms with Crippen molar-refractivity contribution in [1.29, 1.82) is 0 Å². The van der Waals surface area contributed by atoms with Crippen molar-refractivity contribution in [1.82, 2.24) is 9.55 Å². The molecule has 0 aliphatic rings. The summed E-state index contributed by atoms with van der Waals surface area (Å²) in [6, 6.07) is 10.9. The first-order valence-electron chi connectivity index (χ1n) is 7.14. The number of nitrogen functional groups attached to an aromatic ring is 1. The van der Waals surface area contributed by atoms with Crippen molar-refractivity contribution in [2.75, 3.05) is 5.73 Å². The molecule has 23 heavy (non-hydrogen) atoms. The van der Waals surface area contributed by atoms with E-state index in [9.17, 15) is 0 Å². The Morgan fingerprint density at radius 3 is 2.52 bits per heavy atom. The largest absolute Gasteiger partial charge is 0.480 e. The highest BCUT2D eigenvalue weighted by Gasteiger charge is 2.29. The standard InChI is InChI=1S/C17H17Cl2N3O/c1-17(2,23-11-5-6-12(18)13(19)9-11)16-21-14-8-10(20)4-7-15(14)22(16)3/h4-9H,20H2,1-3H3. The van der Waals surface area contributed by atoms with Gasteiger partial charge in [0.2, 0.25) is 0 Å². The van der Waals surface area contributed by atoms with Gasteiger partial charge in [0.1, 0.15) is 5.75 Å². The molecule has 0 saturated heterocycles. The molecule has 0 fully saturated rings. The van der Waals surface area contributed by atoms with E-state index >= 15 is 0 Å². The molecular formula is C17H17Cl2N3O. The van der Waals surface area contributed by atoms with Gasteiger partial charge in [0.25, 0.3) is 0 Å². The number of imidazole rings is 1. The summed E-state index contributed by atoms with van der Waals surface area (Å²) in [6.07, 6.45) is 0. The molecule has 2 N–H and O–H groups in total. The van der Waals surface area contributed by atoms with Gasteiger partial charge in [-0.05, 0) is 44.2 Å². The van der Waals surface area contributed by atoms with Crippen LogP contribution in [0.4, 0.5) is 5.69 Å². The summed E-state index contributed by atoms with van der Waals surface area (Å²) < 4.78 is 8.11. The first-order chi connectivity index (χ1) is 10.8. The Bertz CT molecular complexity index is 887. The Balaban J connectivity index is 2.01. The monoisotopic (exact) mass is 349 g/mol. The third-order valence-electron chi connectivity index (χ3n) is 3.71. The molecule has 6 heteroatoms. The number of nitrogens with zero attached hydrogens (tertiary/aromatic N) is 2. The van der Waals surface area contributed by atoms with Crippen molar-refractivity contribution >= 4 is 39.9 Å². The number of nitrogens with two attached hydrogens (primary N) is 1. The second-order valence-electron chi connectivity index (χ2n) is 5.93. The van der Waals surface area contributed by atoms with Crippen LogP contribution in [0.2, 0.25) is 10.0 Å². The molecule has 0 spiro atoms. The van der Waals surface area contributed by atoms with Crippen molar-refractivity contribution in [2.24, 2.45) is 7.05 Å². The first-order valence-corrected chi connectivity index (χ1v) is 7.90. The topological polar surface area (TPSA) is 53.1 Å². The maximum absolute atomic E-state index is 6.11. The number of hydrogen-bond acceptors (Lipinski definition) is 3. The minimum Gasteiger partial charge on any atom is -0.480 e. The van der Waals surface area contributed by atoms with Crippen LogP contribution < -0.4 is 10.5 Å². The summed E-state index contributed by atoms with van der Waals surface area (Å²) in [4.78, 5) is 4.68. The molecule has 0 unspecified atom stereocenters. The molecule has 1 aromatic heterocycles. The zero-order valence-electron chi connectivity index (χ0n) is 13.1. The van der Waals surface area contributed by atoms with Crippen molar-refractivity contribution in [3.63, 3.8) is 0 Å². The number of anilines is 1. The molecule has 2 aromatic carbocycles. The van der Waals surface area contributed by atoms with E-state index in [4.69, 9.17) is 33.7 Å². The summed E-state index contributed by atoms with van der Waals surface area (Å²) in [7, 11) is 1.96. The average molecular weight is 350 g/mol. The quantitative estimate of drug-likeness (QED) is 0.692. The number of hydrogen-bond donors (Lipinski definition) is 1. The molecule has 3 aromatic rings. The van der Waals surface area contributed by atoms with Gasteiger partial charge in [-0.25, -0.2) is 4.98 Å². The number of benzene rings is 2. The molecular weight excluding hydrogens is 333 g/mol. The lowest BCUT2D eigenvalue weighted by atomic mass is 10.1. The molecule has 0 aliphatic carbocycles. The zero-order chi connectivity index (χ0) is 16.8. The fourth-order valence-electron chi connectivity index (χ4n) is 2.64. The van der Waals surface area contributed by atoms with Gasteiger partial charge in [-0.2, -0.15) is 0 Å². The van der Waals surface area contributed by atoms with Crippen molar-refractivity contribution in [3.05, 3.63) is 52.3 Å². The lowest BCUT2D eigenvalue weighted by Gasteiger charge is -2.26. The predicted octanol–water partition coefficient (Wildman–Crippen LogP) is 4.78. The zero-order valence-corrected chi connectivity index (χ0v) is 14.6. The number of ether oxygens (including phenoxy) is 1. The van der Waals surface area contributed by atoms with Crippen LogP contribution in [-0.4, -0.2) is 9.55 Å². The fourth-order valence-corrected chi connectivity index (χ4v) is 2.92. The number of aromatic nitrogens is 2. The number of rotatable bonds is 3. The highest BCUT2D eigenvalue weighted by molar-refractivity contribution is 6.42. The second kappa shape index (κ2) is 5.62. The van der Waals surface area contributed by atoms with E-state index in [1.165, 1.54) is 0 Å². The van der Waals surface area contributed by atoms with Crippen LogP contribution in [0.15, 0.2) is 36.4 Å². The van der Waals surface area contributed by atoms with E-state index in [2.05, 4.69) is 4.98 Å². The highest BCUT2D eigenvalue weighted by atomic mass is 35.5. The fraction of sp³-hybridized carbons (Fsp3) is 0.235. The predicted molar refractivity (Wildman–Crippen MR) is 95.2 cm³/mol. The third kappa shape index (κ3) is 2.96. The highest BCUT2D eigenvalue weighted by Crippen LogP contribution is 2.33. The lowest BCUT2D eigenvalue weighted by Crippen LogP contribution is -2.29. The summed E-state index contributed by atoms with van der Waals surface area (Å²) in [5.41, 5.74) is 7.71. The van der Waals surface area contributed by atoms with Crippen LogP contribution in [0.3, 0.4) is 0 Å². The van der Waals surface area contributed by atoms with Crippen molar-refractivity contribution < 1.29 is 4.74 Å². The maximum Gasteiger partial charge on any atom is 0.161 e. The van der Waals surface area contributed by atoms with Gasteiger partial charge in [0.15, 0.2) is 11.4 Å². The van der Waals surface area contributed by atoms with Gasteiger partial charge in [0.05, 0.1) is 21.1 Å². The van der Waals surface area contributed by atoms with E-state index in [1.807, 2.05) is 43.7 Å². The van der Waals surface area contributed by atoms with E-state index < -0.39 is 5.60 Å². The Morgan fingerprint density at radius 2 is 1.83 bits per heavy atom. The molecule has 1 heterocycles. The van der Waals surface area contributed by atoms with Gasteiger partial charge in [-0.1, -0.05) is 23.2 Å². The SMILES string of the molecule is Cn1c(C(C)(C)Oc2ccc(Cl)c(Cl)c2)nc2cc(N)ccc21. The van der Waals surface area contributed by atoms with Crippen molar-refractivity contribution in [3.8, 4) is 5.75 Å². The van der Waals surface area contributed by atoms with Crippen LogP contribution in [0.1, 0.15) is 19.7 Å². The van der Waals surface area contributed by atoms with Crippen LogP contribution in [0.25, 0.3) is 11.0 Å². The van der Waals surface area contributed by atoms with E-state index in [0.29, 0.717) is 21.5 Å². The number of halogens is 2. The molecule has 3 rings (SSSR count). The molecule has 120 valence electrons. The molecule has 0 radical (unpaired) electrons. The Hall–Kier alpha value is -1.91. The van der Waals surface area contributed by atoms with E-state index in [-0.39, 0.29) is 0 Å². The Morgan fingerprint density at radius 1 is 1.09 bits per heavy atom. The van der Waals surface area contributed by atoms with Gasteiger partial charge in [-0.3, -0.25) is 0 Å². The Labute approximate surface area is 144 Å². The molecule has 4 nitrogen and oxygen atoms in total. The van der Waals surface area contributed by atoms with Crippen LogP contribution in [-0.2, 0) is 12.6 Å². The second-order valence-corrected chi connectivity index (χ2v) is 6.75. The minimum absolute atomic E-state index is 0.456. The van der Waals surface area contributed by atoms with Gasteiger partial charge >= 0.3 is 0 Å². The van der Waals surface area contributed by atoms with E-state index in [0.717, 1.165) is 16.9 Å². The summed E-state index contributed by atoms with van der Waals surface area (Å²) in [5.74, 6) is 1.43. The normalized spacial score (nSPS) is 11.9. The molecule has 0 bridgehead atoms. The first kappa shape index (κ1) is 16.0. The summed E-state index contributed by atoms with van der Waals surface area (Å²) in [5, 5.41) is 0.952.